The van der Waals surface area contributed by atoms with Gasteiger partial charge in [0.2, 0.25) is 15.9 Å². The highest BCUT2D eigenvalue weighted by Crippen LogP contribution is 2.27. The number of sulfonamides is 1. The molecular weight excluding hydrogens is 300 g/mol. The van der Waals surface area contributed by atoms with Crippen molar-refractivity contribution in [3.63, 3.8) is 0 Å². The summed E-state index contributed by atoms with van der Waals surface area (Å²) in [6.07, 6.45) is 6.27. The maximum absolute atomic E-state index is 12.7. The molecule has 120 valence electrons. The Labute approximate surface area is 132 Å². The van der Waals surface area contributed by atoms with Crippen LogP contribution in [0.5, 0.6) is 0 Å². The van der Waals surface area contributed by atoms with Gasteiger partial charge in [0.1, 0.15) is 0 Å². The van der Waals surface area contributed by atoms with Gasteiger partial charge in [0.05, 0.1) is 4.90 Å². The topological polar surface area (TPSA) is 66.5 Å². The summed E-state index contributed by atoms with van der Waals surface area (Å²) < 4.78 is 26.9. The minimum atomic E-state index is -3.55. The maximum Gasteiger partial charge on any atom is 0.247 e. The van der Waals surface area contributed by atoms with Crippen LogP contribution in [-0.4, -0.2) is 31.7 Å². The number of rotatable bonds is 5. The van der Waals surface area contributed by atoms with Crippen LogP contribution in [0.25, 0.3) is 0 Å². The molecule has 1 amide bonds. The number of amides is 1. The summed E-state index contributed by atoms with van der Waals surface area (Å²) in [5.74, 6) is -0.366. The zero-order valence-electron chi connectivity index (χ0n) is 12.8. The fourth-order valence-corrected chi connectivity index (χ4v) is 4.20. The third-order valence-corrected chi connectivity index (χ3v) is 5.96. The number of anilines is 1. The Morgan fingerprint density at radius 3 is 2.64 bits per heavy atom. The summed E-state index contributed by atoms with van der Waals surface area (Å²) in [6.45, 7) is 3.38. The van der Waals surface area contributed by atoms with Crippen molar-refractivity contribution in [1.82, 2.24) is 4.31 Å². The summed E-state index contributed by atoms with van der Waals surface area (Å²) in [5, 5.41) is 2.58. The van der Waals surface area contributed by atoms with Crippen molar-refractivity contribution in [2.45, 2.75) is 43.0 Å². The average Bonchev–Trinajstić information content (AvgIpc) is 2.55. The first-order chi connectivity index (χ1) is 10.4. The largest absolute Gasteiger partial charge is 0.322 e. The number of carbonyl (C=O) groups is 1. The van der Waals surface area contributed by atoms with Crippen LogP contribution in [0.3, 0.4) is 0 Å². The van der Waals surface area contributed by atoms with E-state index in [0.29, 0.717) is 5.69 Å². The highest BCUT2D eigenvalue weighted by Gasteiger charge is 2.29. The molecule has 0 saturated heterocycles. The van der Waals surface area contributed by atoms with Gasteiger partial charge in [-0.1, -0.05) is 31.9 Å². The van der Waals surface area contributed by atoms with Gasteiger partial charge < -0.3 is 5.32 Å². The number of nitrogens with one attached hydrogen (secondary N) is 1. The van der Waals surface area contributed by atoms with Crippen LogP contribution in [0.1, 0.15) is 32.1 Å². The van der Waals surface area contributed by atoms with Gasteiger partial charge in [0, 0.05) is 18.8 Å². The van der Waals surface area contributed by atoms with Crippen LogP contribution < -0.4 is 5.32 Å². The third-order valence-electron chi connectivity index (χ3n) is 4.05. The highest BCUT2D eigenvalue weighted by atomic mass is 32.2. The van der Waals surface area contributed by atoms with Gasteiger partial charge in [0.15, 0.2) is 0 Å². The summed E-state index contributed by atoms with van der Waals surface area (Å²) in [6, 6.07) is 6.38. The number of nitrogens with zero attached hydrogens (tertiary/aromatic N) is 1. The molecule has 1 fully saturated rings. The second-order valence-corrected chi connectivity index (χ2v) is 7.53. The quantitative estimate of drug-likeness (QED) is 0.848. The molecule has 0 aliphatic heterocycles. The molecule has 0 atom stereocenters. The van der Waals surface area contributed by atoms with Crippen LogP contribution in [0.4, 0.5) is 5.69 Å². The zero-order valence-corrected chi connectivity index (χ0v) is 13.6. The molecule has 6 heteroatoms. The predicted octanol–water partition coefficient (Wildman–Crippen LogP) is 2.76. The molecule has 0 radical (unpaired) electrons. The Morgan fingerprint density at radius 1 is 1.32 bits per heavy atom. The fourth-order valence-electron chi connectivity index (χ4n) is 2.73. The molecule has 0 bridgehead atoms. The second-order valence-electron chi connectivity index (χ2n) is 5.53. The molecule has 22 heavy (non-hydrogen) atoms. The average molecular weight is 322 g/mol. The van der Waals surface area contributed by atoms with E-state index in [2.05, 4.69) is 11.9 Å². The van der Waals surface area contributed by atoms with Crippen LogP contribution in [0.15, 0.2) is 41.8 Å². The number of carbonyl (C=O) groups excluding carboxylic acids is 1. The van der Waals surface area contributed by atoms with E-state index in [1.165, 1.54) is 16.8 Å². The molecule has 1 aliphatic carbocycles. The lowest BCUT2D eigenvalue weighted by Gasteiger charge is -2.30. The monoisotopic (exact) mass is 322 g/mol. The van der Waals surface area contributed by atoms with E-state index in [4.69, 9.17) is 0 Å². The zero-order chi connectivity index (χ0) is 16.2. The molecule has 0 heterocycles. The normalized spacial score (nSPS) is 16.5. The Bertz CT molecular complexity index is 649. The molecule has 1 aromatic rings. The van der Waals surface area contributed by atoms with Crippen LogP contribution in [0.2, 0.25) is 0 Å². The lowest BCUT2D eigenvalue weighted by molar-refractivity contribution is -0.111. The van der Waals surface area contributed by atoms with Gasteiger partial charge in [-0.15, -0.1) is 0 Å². The van der Waals surface area contributed by atoms with Gasteiger partial charge in [0.25, 0.3) is 0 Å². The first-order valence-electron chi connectivity index (χ1n) is 7.46. The standard InChI is InChI=1S/C16H22N2O3S/c1-3-16(19)17-13-8-7-11-15(12-13)22(20,21)18(2)14-9-5-4-6-10-14/h3,7-8,11-12,14H,1,4-6,9-10H2,2H3,(H,17,19). The number of hydrogen-bond donors (Lipinski definition) is 1. The van der Waals surface area contributed by atoms with Crippen LogP contribution >= 0.6 is 0 Å². The molecule has 1 saturated carbocycles. The molecular formula is C16H22N2O3S. The van der Waals surface area contributed by atoms with Crippen molar-refractivity contribution >= 4 is 21.6 Å². The second kappa shape index (κ2) is 7.07. The molecule has 2 rings (SSSR count). The van der Waals surface area contributed by atoms with Crippen LogP contribution in [0, 0.1) is 0 Å². The first-order valence-corrected chi connectivity index (χ1v) is 8.90. The van der Waals surface area contributed by atoms with Crippen molar-refractivity contribution in [1.29, 1.82) is 0 Å². The summed E-state index contributed by atoms with van der Waals surface area (Å²) in [5.41, 5.74) is 0.447. The van der Waals surface area contributed by atoms with Crippen molar-refractivity contribution < 1.29 is 13.2 Å². The lowest BCUT2D eigenvalue weighted by Crippen LogP contribution is -2.38. The fraction of sp³-hybridized carbons (Fsp3) is 0.438. The lowest BCUT2D eigenvalue weighted by atomic mass is 9.96. The van der Waals surface area contributed by atoms with Gasteiger partial charge in [-0.2, -0.15) is 4.31 Å². The summed E-state index contributed by atoms with van der Waals surface area (Å²) >= 11 is 0. The van der Waals surface area contributed by atoms with Crippen molar-refractivity contribution in [2.24, 2.45) is 0 Å². The van der Waals surface area contributed by atoms with E-state index in [1.807, 2.05) is 0 Å². The minimum Gasteiger partial charge on any atom is -0.322 e. The number of hydrogen-bond acceptors (Lipinski definition) is 3. The van der Waals surface area contributed by atoms with Crippen molar-refractivity contribution in [3.8, 4) is 0 Å². The third kappa shape index (κ3) is 3.75. The van der Waals surface area contributed by atoms with Gasteiger partial charge >= 0.3 is 0 Å². The molecule has 1 N–H and O–H groups in total. The van der Waals surface area contributed by atoms with Gasteiger partial charge in [-0.3, -0.25) is 4.79 Å². The number of benzene rings is 1. The van der Waals surface area contributed by atoms with E-state index in [0.717, 1.165) is 31.8 Å². The SMILES string of the molecule is C=CC(=O)Nc1cccc(S(=O)(=O)N(C)C2CCCCC2)c1. The van der Waals surface area contributed by atoms with Crippen molar-refractivity contribution in [2.75, 3.05) is 12.4 Å². The smallest absolute Gasteiger partial charge is 0.247 e. The van der Waals surface area contributed by atoms with E-state index in [-0.39, 0.29) is 16.8 Å². The maximum atomic E-state index is 12.7. The Kier molecular flexibility index (Phi) is 5.37. The molecule has 5 nitrogen and oxygen atoms in total. The first kappa shape index (κ1) is 16.7. The van der Waals surface area contributed by atoms with E-state index < -0.39 is 10.0 Å². The molecule has 1 aliphatic rings. The van der Waals surface area contributed by atoms with Crippen LogP contribution in [-0.2, 0) is 14.8 Å². The summed E-state index contributed by atoms with van der Waals surface area (Å²) in [7, 11) is -1.91. The molecule has 0 unspecified atom stereocenters. The highest BCUT2D eigenvalue weighted by molar-refractivity contribution is 7.89. The Balaban J connectivity index is 2.22. The Hall–Kier alpha value is -1.66. The van der Waals surface area contributed by atoms with E-state index >= 15 is 0 Å². The van der Waals surface area contributed by atoms with E-state index in [9.17, 15) is 13.2 Å². The van der Waals surface area contributed by atoms with E-state index in [1.54, 1.807) is 25.2 Å². The predicted molar refractivity (Wildman–Crippen MR) is 87.1 cm³/mol. The molecule has 1 aromatic carbocycles. The minimum absolute atomic E-state index is 0.0603. The summed E-state index contributed by atoms with van der Waals surface area (Å²) in [4.78, 5) is 11.5. The van der Waals surface area contributed by atoms with Crippen molar-refractivity contribution in [3.05, 3.63) is 36.9 Å². The molecule has 0 spiro atoms. The Morgan fingerprint density at radius 2 is 2.00 bits per heavy atom. The molecule has 0 aromatic heterocycles. The van der Waals surface area contributed by atoms with Gasteiger partial charge in [-0.25, -0.2) is 8.42 Å². The van der Waals surface area contributed by atoms with Gasteiger partial charge in [-0.05, 0) is 37.1 Å².